The van der Waals surface area contributed by atoms with E-state index in [4.69, 9.17) is 0 Å². The second kappa shape index (κ2) is 18.2. The molecule has 4 nitrogen and oxygen atoms in total. The van der Waals surface area contributed by atoms with Gasteiger partial charge < -0.3 is 0 Å². The molecule has 0 aliphatic heterocycles. The Bertz CT molecular complexity index is 544. The number of nitroso groups, excluding NO2 is 2. The molecule has 0 bridgehead atoms. The molecule has 0 amide bonds. The van der Waals surface area contributed by atoms with E-state index >= 15 is 0 Å². The van der Waals surface area contributed by atoms with Crippen LogP contribution in [-0.4, -0.2) is 6.04 Å². The molecule has 0 saturated carbocycles. The minimum Gasteiger partial charge on any atom is -0.150 e. The number of benzene rings is 1. The van der Waals surface area contributed by atoms with E-state index < -0.39 is 12.1 Å². The molecule has 1 aromatic carbocycles. The average Bonchev–Trinajstić information content (AvgIpc) is 2.78. The Morgan fingerprint density at radius 1 is 0.633 bits per heavy atom. The highest BCUT2D eigenvalue weighted by molar-refractivity contribution is 5.26. The van der Waals surface area contributed by atoms with Crippen molar-refractivity contribution in [2.45, 2.75) is 129 Å². The van der Waals surface area contributed by atoms with Gasteiger partial charge in [-0.25, -0.2) is 0 Å². The topological polar surface area (TPSA) is 58.9 Å². The summed E-state index contributed by atoms with van der Waals surface area (Å²) in [5.74, 6) is 0. The lowest BCUT2D eigenvalue weighted by Crippen LogP contribution is -2.14. The van der Waals surface area contributed by atoms with Crippen LogP contribution in [0, 0.1) is 9.81 Å². The van der Waals surface area contributed by atoms with Crippen molar-refractivity contribution in [1.29, 1.82) is 0 Å². The first-order valence-corrected chi connectivity index (χ1v) is 12.5. The predicted molar refractivity (Wildman–Crippen MR) is 129 cm³/mol. The van der Waals surface area contributed by atoms with Gasteiger partial charge in [0, 0.05) is 0 Å². The van der Waals surface area contributed by atoms with Crippen molar-refractivity contribution in [2.75, 3.05) is 0 Å². The number of unbranched alkanes of at least 4 members (excludes halogenated alkanes) is 12. The van der Waals surface area contributed by atoms with Crippen LogP contribution < -0.4 is 0 Å². The van der Waals surface area contributed by atoms with Gasteiger partial charge >= 0.3 is 0 Å². The SMILES string of the molecule is CCCCCCCCCCCCc1ccc(C(N=O)C(CCCCCC)N=O)cc1. The fraction of sp³-hybridized carbons (Fsp3) is 0.769. The molecule has 0 aliphatic carbocycles. The lowest BCUT2D eigenvalue weighted by Gasteiger charge is -2.16. The van der Waals surface area contributed by atoms with E-state index in [2.05, 4.69) is 36.3 Å². The zero-order valence-corrected chi connectivity index (χ0v) is 19.5. The Labute approximate surface area is 184 Å². The van der Waals surface area contributed by atoms with Crippen molar-refractivity contribution in [1.82, 2.24) is 0 Å². The maximum absolute atomic E-state index is 11.4. The number of hydrogen-bond acceptors (Lipinski definition) is 4. The molecule has 0 spiro atoms. The fourth-order valence-electron chi connectivity index (χ4n) is 4.10. The van der Waals surface area contributed by atoms with E-state index in [1.54, 1.807) is 0 Å². The van der Waals surface area contributed by atoms with E-state index in [1.165, 1.54) is 69.8 Å². The summed E-state index contributed by atoms with van der Waals surface area (Å²) in [5, 5.41) is 6.46. The first-order valence-electron chi connectivity index (χ1n) is 12.5. The highest BCUT2D eigenvalue weighted by Gasteiger charge is 2.25. The Balaban J connectivity index is 2.30. The maximum Gasteiger partial charge on any atom is 0.143 e. The molecule has 0 aliphatic rings. The fourth-order valence-corrected chi connectivity index (χ4v) is 4.10. The number of nitrogens with zero attached hydrogens (tertiary/aromatic N) is 2. The third-order valence-electron chi connectivity index (χ3n) is 6.11. The van der Waals surface area contributed by atoms with Crippen LogP contribution in [0.2, 0.25) is 0 Å². The van der Waals surface area contributed by atoms with E-state index in [9.17, 15) is 9.81 Å². The summed E-state index contributed by atoms with van der Waals surface area (Å²) in [6.07, 6.45) is 19.5. The van der Waals surface area contributed by atoms with Crippen LogP contribution >= 0.6 is 0 Å². The van der Waals surface area contributed by atoms with Crippen molar-refractivity contribution in [3.05, 3.63) is 45.2 Å². The van der Waals surface area contributed by atoms with E-state index in [0.717, 1.165) is 37.7 Å². The van der Waals surface area contributed by atoms with Crippen molar-refractivity contribution >= 4 is 0 Å². The number of aryl methyl sites for hydroxylation is 1. The van der Waals surface area contributed by atoms with Crippen molar-refractivity contribution in [3.8, 4) is 0 Å². The van der Waals surface area contributed by atoms with Gasteiger partial charge in [0.15, 0.2) is 0 Å². The zero-order valence-electron chi connectivity index (χ0n) is 19.5. The summed E-state index contributed by atoms with van der Waals surface area (Å²) < 4.78 is 0. The summed E-state index contributed by atoms with van der Waals surface area (Å²) >= 11 is 0. The van der Waals surface area contributed by atoms with Crippen molar-refractivity contribution in [3.63, 3.8) is 0 Å². The standard InChI is InChI=1S/C26H44N2O2/c1-3-5-7-9-10-11-12-13-14-15-17-23-19-21-24(22-20-23)26(28-30)25(27-29)18-16-8-6-4-2/h19-22,25-26H,3-18H2,1-2H3. The first-order chi connectivity index (χ1) is 14.8. The summed E-state index contributed by atoms with van der Waals surface area (Å²) in [7, 11) is 0. The molecule has 4 heteroatoms. The Kier molecular flexibility index (Phi) is 16.1. The van der Waals surface area contributed by atoms with Gasteiger partial charge in [-0.05, 0) is 30.4 Å². The summed E-state index contributed by atoms with van der Waals surface area (Å²) in [4.78, 5) is 22.7. The molecule has 2 atom stereocenters. The predicted octanol–water partition coefficient (Wildman–Crippen LogP) is 9.06. The molecule has 30 heavy (non-hydrogen) atoms. The smallest absolute Gasteiger partial charge is 0.143 e. The van der Waals surface area contributed by atoms with E-state index in [0.29, 0.717) is 6.42 Å². The van der Waals surface area contributed by atoms with Gasteiger partial charge in [0.05, 0.1) is 0 Å². The van der Waals surface area contributed by atoms with Crippen LogP contribution in [0.15, 0.2) is 34.6 Å². The average molecular weight is 417 g/mol. The number of hydrogen-bond donors (Lipinski definition) is 0. The van der Waals surface area contributed by atoms with Gasteiger partial charge in [0.1, 0.15) is 12.1 Å². The van der Waals surface area contributed by atoms with Gasteiger partial charge in [0.2, 0.25) is 0 Å². The van der Waals surface area contributed by atoms with Crippen LogP contribution in [0.3, 0.4) is 0 Å². The quantitative estimate of drug-likeness (QED) is 0.157. The molecular weight excluding hydrogens is 372 g/mol. The zero-order chi connectivity index (χ0) is 21.9. The van der Waals surface area contributed by atoms with Gasteiger partial charge in [-0.3, -0.25) is 0 Å². The normalized spacial score (nSPS) is 13.1. The van der Waals surface area contributed by atoms with Gasteiger partial charge in [-0.15, -0.1) is 0 Å². The van der Waals surface area contributed by atoms with Crippen LogP contribution in [0.25, 0.3) is 0 Å². The second-order valence-electron chi connectivity index (χ2n) is 8.75. The van der Waals surface area contributed by atoms with Crippen molar-refractivity contribution in [2.24, 2.45) is 10.4 Å². The van der Waals surface area contributed by atoms with E-state index in [1.807, 2.05) is 12.1 Å². The molecule has 0 heterocycles. The molecule has 1 rings (SSSR count). The molecule has 0 fully saturated rings. The minimum absolute atomic E-state index is 0.549. The van der Waals surface area contributed by atoms with Gasteiger partial charge in [-0.1, -0.05) is 132 Å². The Hall–Kier alpha value is -1.58. The summed E-state index contributed by atoms with van der Waals surface area (Å²) in [6.45, 7) is 4.42. The number of rotatable bonds is 20. The Morgan fingerprint density at radius 2 is 1.13 bits per heavy atom. The maximum atomic E-state index is 11.4. The van der Waals surface area contributed by atoms with Gasteiger partial charge in [-0.2, -0.15) is 9.81 Å². The molecule has 170 valence electrons. The van der Waals surface area contributed by atoms with Crippen LogP contribution in [0.4, 0.5) is 0 Å². The van der Waals surface area contributed by atoms with Crippen LogP contribution in [-0.2, 0) is 6.42 Å². The molecule has 0 aromatic heterocycles. The molecular formula is C26H44N2O2. The van der Waals surface area contributed by atoms with Gasteiger partial charge in [0.25, 0.3) is 0 Å². The lowest BCUT2D eigenvalue weighted by atomic mass is 9.94. The monoisotopic (exact) mass is 416 g/mol. The molecule has 2 unspecified atom stereocenters. The minimum atomic E-state index is -0.657. The highest BCUT2D eigenvalue weighted by Crippen LogP contribution is 2.28. The van der Waals surface area contributed by atoms with Crippen LogP contribution in [0.1, 0.15) is 127 Å². The third-order valence-corrected chi connectivity index (χ3v) is 6.11. The first kappa shape index (κ1) is 26.5. The molecule has 0 saturated heterocycles. The molecule has 0 radical (unpaired) electrons. The Morgan fingerprint density at radius 3 is 1.63 bits per heavy atom. The highest BCUT2D eigenvalue weighted by atomic mass is 16.3. The lowest BCUT2D eigenvalue weighted by molar-refractivity contribution is 0.479. The summed E-state index contributed by atoms with van der Waals surface area (Å²) in [6, 6.07) is 6.88. The molecule has 0 N–H and O–H groups in total. The molecule has 1 aromatic rings. The summed E-state index contributed by atoms with van der Waals surface area (Å²) in [5.41, 5.74) is 2.11. The largest absolute Gasteiger partial charge is 0.150 e. The van der Waals surface area contributed by atoms with Crippen molar-refractivity contribution < 1.29 is 0 Å². The van der Waals surface area contributed by atoms with Crippen LogP contribution in [0.5, 0.6) is 0 Å². The third kappa shape index (κ3) is 11.6. The second-order valence-corrected chi connectivity index (χ2v) is 8.75. The van der Waals surface area contributed by atoms with E-state index in [-0.39, 0.29) is 0 Å².